The van der Waals surface area contributed by atoms with Gasteiger partial charge in [0, 0.05) is 28.6 Å². The normalized spacial score (nSPS) is 13.6. The van der Waals surface area contributed by atoms with Crippen molar-refractivity contribution in [2.75, 3.05) is 12.0 Å². The fourth-order valence-corrected chi connectivity index (χ4v) is 2.57. The standard InChI is InChI=1S/C11H15ClFNO2S/c1-17(15,16)7-3-6-10(14)11-8(12)4-2-5-9(11)13/h2,4-5,10H,3,6-7,14H2,1H3. The number of benzene rings is 1. The van der Waals surface area contributed by atoms with Crippen molar-refractivity contribution in [3.05, 3.63) is 34.6 Å². The van der Waals surface area contributed by atoms with E-state index in [1.807, 2.05) is 0 Å². The van der Waals surface area contributed by atoms with Crippen LogP contribution >= 0.6 is 11.6 Å². The molecule has 0 aliphatic heterocycles. The molecule has 0 saturated heterocycles. The quantitative estimate of drug-likeness (QED) is 0.900. The average molecular weight is 280 g/mol. The van der Waals surface area contributed by atoms with Crippen LogP contribution < -0.4 is 5.73 Å². The lowest BCUT2D eigenvalue weighted by molar-refractivity contribution is 0.555. The van der Waals surface area contributed by atoms with E-state index in [0.717, 1.165) is 6.26 Å². The van der Waals surface area contributed by atoms with Crippen LogP contribution in [0.2, 0.25) is 5.02 Å². The van der Waals surface area contributed by atoms with Crippen LogP contribution in [0.15, 0.2) is 18.2 Å². The van der Waals surface area contributed by atoms with Crippen molar-refractivity contribution < 1.29 is 12.8 Å². The van der Waals surface area contributed by atoms with Crippen LogP contribution in [0.25, 0.3) is 0 Å². The maximum atomic E-state index is 13.5. The zero-order valence-electron chi connectivity index (χ0n) is 9.49. The summed E-state index contributed by atoms with van der Waals surface area (Å²) in [5.41, 5.74) is 6.06. The monoisotopic (exact) mass is 279 g/mol. The van der Waals surface area contributed by atoms with Gasteiger partial charge in [-0.2, -0.15) is 0 Å². The van der Waals surface area contributed by atoms with Crippen molar-refractivity contribution in [1.29, 1.82) is 0 Å². The van der Waals surface area contributed by atoms with E-state index in [0.29, 0.717) is 12.8 Å². The van der Waals surface area contributed by atoms with Gasteiger partial charge in [-0.15, -0.1) is 0 Å². The number of hydrogen-bond acceptors (Lipinski definition) is 3. The van der Waals surface area contributed by atoms with E-state index in [9.17, 15) is 12.8 Å². The number of halogens is 2. The minimum Gasteiger partial charge on any atom is -0.324 e. The summed E-state index contributed by atoms with van der Waals surface area (Å²) in [5.74, 6) is -0.406. The maximum Gasteiger partial charge on any atom is 0.147 e. The molecule has 0 amide bonds. The van der Waals surface area contributed by atoms with Gasteiger partial charge in [0.15, 0.2) is 0 Å². The molecule has 1 aromatic carbocycles. The molecule has 0 fully saturated rings. The Morgan fingerprint density at radius 2 is 2.12 bits per heavy atom. The molecule has 2 N–H and O–H groups in total. The molecule has 0 aliphatic carbocycles. The lowest BCUT2D eigenvalue weighted by atomic mass is 10.0. The third-order valence-electron chi connectivity index (χ3n) is 2.40. The van der Waals surface area contributed by atoms with Crippen LogP contribution in [0, 0.1) is 5.82 Å². The molecule has 0 radical (unpaired) electrons. The first-order chi connectivity index (χ1) is 7.81. The van der Waals surface area contributed by atoms with Gasteiger partial charge < -0.3 is 5.73 Å². The SMILES string of the molecule is CS(=O)(=O)CCCC(N)c1c(F)cccc1Cl. The first-order valence-corrected chi connectivity index (χ1v) is 7.62. The van der Waals surface area contributed by atoms with E-state index in [2.05, 4.69) is 0 Å². The van der Waals surface area contributed by atoms with Crippen molar-refractivity contribution in [3.8, 4) is 0 Å². The molecule has 6 heteroatoms. The Morgan fingerprint density at radius 1 is 1.47 bits per heavy atom. The summed E-state index contributed by atoms with van der Waals surface area (Å²) in [7, 11) is -3.00. The zero-order valence-corrected chi connectivity index (χ0v) is 11.1. The van der Waals surface area contributed by atoms with E-state index in [-0.39, 0.29) is 16.3 Å². The summed E-state index contributed by atoms with van der Waals surface area (Å²) in [6.07, 6.45) is 1.94. The Kier molecular flexibility index (Phi) is 4.91. The number of hydrogen-bond donors (Lipinski definition) is 1. The van der Waals surface area contributed by atoms with Gasteiger partial charge >= 0.3 is 0 Å². The average Bonchev–Trinajstić information content (AvgIpc) is 2.15. The van der Waals surface area contributed by atoms with E-state index in [1.54, 1.807) is 6.07 Å². The van der Waals surface area contributed by atoms with Gasteiger partial charge in [-0.3, -0.25) is 0 Å². The van der Waals surface area contributed by atoms with Crippen molar-refractivity contribution in [1.82, 2.24) is 0 Å². The number of rotatable bonds is 5. The highest BCUT2D eigenvalue weighted by Gasteiger charge is 2.15. The van der Waals surface area contributed by atoms with Gasteiger partial charge in [-0.1, -0.05) is 17.7 Å². The zero-order chi connectivity index (χ0) is 13.1. The molecule has 0 aliphatic rings. The molecule has 0 aromatic heterocycles. The molecule has 0 spiro atoms. The Balaban J connectivity index is 2.67. The second-order valence-electron chi connectivity index (χ2n) is 4.01. The fraction of sp³-hybridized carbons (Fsp3) is 0.455. The molecule has 1 unspecified atom stereocenters. The summed E-state index contributed by atoms with van der Waals surface area (Å²) in [5, 5.41) is 0.275. The van der Waals surface area contributed by atoms with E-state index < -0.39 is 21.7 Å². The predicted molar refractivity (Wildman–Crippen MR) is 67.3 cm³/mol. The molecule has 0 heterocycles. The summed E-state index contributed by atoms with van der Waals surface area (Å²) >= 11 is 5.85. The topological polar surface area (TPSA) is 60.2 Å². The fourth-order valence-electron chi connectivity index (χ4n) is 1.57. The first-order valence-electron chi connectivity index (χ1n) is 5.18. The second-order valence-corrected chi connectivity index (χ2v) is 6.68. The maximum absolute atomic E-state index is 13.5. The second kappa shape index (κ2) is 5.80. The van der Waals surface area contributed by atoms with Crippen molar-refractivity contribution in [3.63, 3.8) is 0 Å². The molecule has 1 rings (SSSR count). The van der Waals surface area contributed by atoms with Crippen LogP contribution in [0.4, 0.5) is 4.39 Å². The van der Waals surface area contributed by atoms with Crippen LogP contribution in [0.3, 0.4) is 0 Å². The summed E-state index contributed by atoms with van der Waals surface area (Å²) in [4.78, 5) is 0. The minimum absolute atomic E-state index is 0.0484. The van der Waals surface area contributed by atoms with Crippen LogP contribution in [0.1, 0.15) is 24.4 Å². The summed E-state index contributed by atoms with van der Waals surface area (Å²) in [6.45, 7) is 0. The molecule has 17 heavy (non-hydrogen) atoms. The lowest BCUT2D eigenvalue weighted by Crippen LogP contribution is -2.14. The summed E-state index contributed by atoms with van der Waals surface area (Å²) < 4.78 is 35.4. The molecule has 0 bridgehead atoms. The highest BCUT2D eigenvalue weighted by molar-refractivity contribution is 7.90. The molecular weight excluding hydrogens is 265 g/mol. The Morgan fingerprint density at radius 3 is 2.65 bits per heavy atom. The molecule has 96 valence electrons. The van der Waals surface area contributed by atoms with Gasteiger partial charge in [0.25, 0.3) is 0 Å². The smallest absolute Gasteiger partial charge is 0.147 e. The number of sulfone groups is 1. The number of nitrogens with two attached hydrogens (primary N) is 1. The summed E-state index contributed by atoms with van der Waals surface area (Å²) in [6, 6.07) is 3.78. The van der Waals surface area contributed by atoms with Crippen molar-refractivity contribution in [2.45, 2.75) is 18.9 Å². The predicted octanol–water partition coefficient (Wildman–Crippen LogP) is 2.30. The van der Waals surface area contributed by atoms with Crippen LogP contribution in [-0.4, -0.2) is 20.4 Å². The largest absolute Gasteiger partial charge is 0.324 e. The minimum atomic E-state index is -3.00. The van der Waals surface area contributed by atoms with Crippen molar-refractivity contribution in [2.24, 2.45) is 5.73 Å². The van der Waals surface area contributed by atoms with Crippen LogP contribution in [0.5, 0.6) is 0 Å². The van der Waals surface area contributed by atoms with Crippen molar-refractivity contribution >= 4 is 21.4 Å². The van der Waals surface area contributed by atoms with Gasteiger partial charge in [-0.25, -0.2) is 12.8 Å². The van der Waals surface area contributed by atoms with Gasteiger partial charge in [-0.05, 0) is 25.0 Å². The van der Waals surface area contributed by atoms with Gasteiger partial charge in [0.05, 0.1) is 0 Å². The van der Waals surface area contributed by atoms with E-state index in [1.165, 1.54) is 12.1 Å². The highest BCUT2D eigenvalue weighted by Crippen LogP contribution is 2.27. The van der Waals surface area contributed by atoms with E-state index >= 15 is 0 Å². The first kappa shape index (κ1) is 14.4. The molecule has 1 aromatic rings. The van der Waals surface area contributed by atoms with Gasteiger partial charge in [0.2, 0.25) is 0 Å². The third kappa shape index (κ3) is 4.61. The highest BCUT2D eigenvalue weighted by atomic mass is 35.5. The molecule has 0 saturated carbocycles. The molecular formula is C11H15ClFNO2S. The third-order valence-corrected chi connectivity index (χ3v) is 3.76. The lowest BCUT2D eigenvalue weighted by Gasteiger charge is -2.14. The Labute approximate surface area is 106 Å². The molecule has 3 nitrogen and oxygen atoms in total. The molecule has 1 atom stereocenters. The van der Waals surface area contributed by atoms with Crippen LogP contribution in [-0.2, 0) is 9.84 Å². The Hall–Kier alpha value is -0.650. The van der Waals surface area contributed by atoms with E-state index in [4.69, 9.17) is 17.3 Å². The Bertz CT molecular complexity index is 470. The van der Waals surface area contributed by atoms with Gasteiger partial charge in [0.1, 0.15) is 15.7 Å².